The van der Waals surface area contributed by atoms with Gasteiger partial charge in [-0.25, -0.2) is 4.79 Å². The number of aromatic nitrogens is 2. The minimum Gasteiger partial charge on any atom is -0.480 e. The SMILES string of the molecule is CCc1nnsc1C(=O)N1CCC[C@@H]1C(=O)O. The summed E-state index contributed by atoms with van der Waals surface area (Å²) in [6.07, 6.45) is 1.88. The smallest absolute Gasteiger partial charge is 0.326 e. The van der Waals surface area contributed by atoms with Crippen LogP contribution in [0.1, 0.15) is 35.1 Å². The second kappa shape index (κ2) is 4.79. The molecule has 0 unspecified atom stereocenters. The van der Waals surface area contributed by atoms with E-state index in [4.69, 9.17) is 5.11 Å². The summed E-state index contributed by atoms with van der Waals surface area (Å²) in [6, 6.07) is -0.700. The zero-order valence-electron chi connectivity index (χ0n) is 9.42. The van der Waals surface area contributed by atoms with E-state index in [1.165, 1.54) is 4.90 Å². The molecule has 0 bridgehead atoms. The lowest BCUT2D eigenvalue weighted by Crippen LogP contribution is -2.40. The summed E-state index contributed by atoms with van der Waals surface area (Å²) in [6.45, 7) is 2.39. The fourth-order valence-corrected chi connectivity index (χ4v) is 2.71. The van der Waals surface area contributed by atoms with Gasteiger partial charge in [-0.05, 0) is 30.8 Å². The monoisotopic (exact) mass is 255 g/mol. The van der Waals surface area contributed by atoms with E-state index in [0.717, 1.165) is 18.0 Å². The first kappa shape index (κ1) is 12.0. The van der Waals surface area contributed by atoms with Crippen molar-refractivity contribution in [2.75, 3.05) is 6.54 Å². The molecule has 0 saturated carbocycles. The van der Waals surface area contributed by atoms with E-state index < -0.39 is 12.0 Å². The molecule has 92 valence electrons. The van der Waals surface area contributed by atoms with Crippen molar-refractivity contribution in [3.05, 3.63) is 10.6 Å². The van der Waals surface area contributed by atoms with Crippen LogP contribution in [0.15, 0.2) is 0 Å². The summed E-state index contributed by atoms with van der Waals surface area (Å²) < 4.78 is 3.75. The fraction of sp³-hybridized carbons (Fsp3) is 0.600. The van der Waals surface area contributed by atoms with Crippen LogP contribution >= 0.6 is 11.5 Å². The van der Waals surface area contributed by atoms with Gasteiger partial charge in [0.1, 0.15) is 10.9 Å². The number of carbonyl (C=O) groups is 2. The number of carboxylic acid groups (broad SMARTS) is 1. The molecule has 17 heavy (non-hydrogen) atoms. The summed E-state index contributed by atoms with van der Waals surface area (Å²) in [5, 5.41) is 12.9. The van der Waals surface area contributed by atoms with Crippen LogP contribution in [0.5, 0.6) is 0 Å². The van der Waals surface area contributed by atoms with Crippen molar-refractivity contribution in [2.24, 2.45) is 0 Å². The van der Waals surface area contributed by atoms with Gasteiger partial charge in [0.2, 0.25) is 0 Å². The van der Waals surface area contributed by atoms with E-state index in [-0.39, 0.29) is 5.91 Å². The van der Waals surface area contributed by atoms with Gasteiger partial charge in [0.15, 0.2) is 0 Å². The molecule has 1 saturated heterocycles. The van der Waals surface area contributed by atoms with Crippen LogP contribution in [-0.2, 0) is 11.2 Å². The van der Waals surface area contributed by atoms with Crippen LogP contribution in [0, 0.1) is 0 Å². The number of aryl methyl sites for hydroxylation is 1. The highest BCUT2D eigenvalue weighted by molar-refractivity contribution is 7.08. The summed E-state index contributed by atoms with van der Waals surface area (Å²) >= 11 is 1.04. The molecule has 6 nitrogen and oxygen atoms in total. The molecule has 1 fully saturated rings. The number of amides is 1. The fourth-order valence-electron chi connectivity index (χ4n) is 2.00. The van der Waals surface area contributed by atoms with Crippen molar-refractivity contribution in [1.82, 2.24) is 14.5 Å². The number of hydrogen-bond donors (Lipinski definition) is 1. The zero-order valence-corrected chi connectivity index (χ0v) is 10.2. The number of carboxylic acids is 1. The third-order valence-electron chi connectivity index (χ3n) is 2.88. The third kappa shape index (κ3) is 2.14. The van der Waals surface area contributed by atoms with Crippen molar-refractivity contribution in [1.29, 1.82) is 0 Å². The number of carbonyl (C=O) groups excluding carboxylic acids is 1. The van der Waals surface area contributed by atoms with Gasteiger partial charge in [-0.15, -0.1) is 5.10 Å². The minimum atomic E-state index is -0.939. The van der Waals surface area contributed by atoms with Gasteiger partial charge in [-0.3, -0.25) is 4.79 Å². The summed E-state index contributed by atoms with van der Waals surface area (Å²) in [4.78, 5) is 25.1. The Kier molecular flexibility index (Phi) is 3.37. The molecule has 1 aromatic heterocycles. The Morgan fingerprint density at radius 2 is 2.35 bits per heavy atom. The number of nitrogens with zero attached hydrogens (tertiary/aromatic N) is 3. The molecule has 2 heterocycles. The molecule has 0 aromatic carbocycles. The van der Waals surface area contributed by atoms with Crippen molar-refractivity contribution in [2.45, 2.75) is 32.2 Å². The summed E-state index contributed by atoms with van der Waals surface area (Å²) in [5.41, 5.74) is 0.649. The first-order valence-corrected chi connectivity index (χ1v) is 6.27. The normalized spacial score (nSPS) is 19.6. The summed E-state index contributed by atoms with van der Waals surface area (Å²) in [5.74, 6) is -1.19. The zero-order chi connectivity index (χ0) is 12.4. The van der Waals surface area contributed by atoms with E-state index in [2.05, 4.69) is 9.59 Å². The second-order valence-corrected chi connectivity index (χ2v) is 4.65. The quantitative estimate of drug-likeness (QED) is 0.863. The molecule has 1 N–H and O–H groups in total. The topological polar surface area (TPSA) is 83.4 Å². The first-order valence-electron chi connectivity index (χ1n) is 5.50. The molecule has 1 aromatic rings. The molecule has 0 aliphatic carbocycles. The van der Waals surface area contributed by atoms with E-state index in [0.29, 0.717) is 30.0 Å². The highest BCUT2D eigenvalue weighted by atomic mass is 32.1. The Balaban J connectivity index is 2.23. The predicted octanol–water partition coefficient (Wildman–Crippen LogP) is 0.790. The Labute approximate surface area is 102 Å². The van der Waals surface area contributed by atoms with Crippen LogP contribution in [-0.4, -0.2) is 44.1 Å². The maximum absolute atomic E-state index is 12.2. The van der Waals surface area contributed by atoms with Crippen LogP contribution in [0.2, 0.25) is 0 Å². The number of likely N-dealkylation sites (tertiary alicyclic amines) is 1. The van der Waals surface area contributed by atoms with Crippen LogP contribution < -0.4 is 0 Å². The van der Waals surface area contributed by atoms with E-state index in [1.54, 1.807) is 0 Å². The van der Waals surface area contributed by atoms with Gasteiger partial charge >= 0.3 is 5.97 Å². The lowest BCUT2D eigenvalue weighted by Gasteiger charge is -2.20. The first-order chi connectivity index (χ1) is 8.15. The van der Waals surface area contributed by atoms with E-state index >= 15 is 0 Å². The average Bonchev–Trinajstić information content (AvgIpc) is 2.96. The number of rotatable bonds is 3. The van der Waals surface area contributed by atoms with Gasteiger partial charge in [-0.2, -0.15) is 0 Å². The number of aliphatic carboxylic acids is 1. The highest BCUT2D eigenvalue weighted by Gasteiger charge is 2.35. The molecule has 1 amide bonds. The van der Waals surface area contributed by atoms with Crippen LogP contribution in [0.25, 0.3) is 0 Å². The Morgan fingerprint density at radius 1 is 1.59 bits per heavy atom. The van der Waals surface area contributed by atoms with Crippen molar-refractivity contribution in [3.8, 4) is 0 Å². The van der Waals surface area contributed by atoms with Gasteiger partial charge < -0.3 is 10.0 Å². The molecule has 1 aliphatic heterocycles. The Morgan fingerprint density at radius 3 is 3.00 bits per heavy atom. The molecule has 2 rings (SSSR count). The van der Waals surface area contributed by atoms with Crippen LogP contribution in [0.4, 0.5) is 0 Å². The molecule has 1 aliphatic rings. The van der Waals surface area contributed by atoms with Crippen molar-refractivity contribution >= 4 is 23.4 Å². The predicted molar refractivity (Wildman–Crippen MR) is 61.0 cm³/mol. The van der Waals surface area contributed by atoms with E-state index in [9.17, 15) is 9.59 Å². The third-order valence-corrected chi connectivity index (χ3v) is 3.64. The van der Waals surface area contributed by atoms with Gasteiger partial charge in [0, 0.05) is 6.54 Å². The molecular weight excluding hydrogens is 242 g/mol. The Bertz CT molecular complexity index is 446. The average molecular weight is 255 g/mol. The highest BCUT2D eigenvalue weighted by Crippen LogP contribution is 2.23. The molecule has 0 radical (unpaired) electrons. The molecular formula is C10H13N3O3S. The lowest BCUT2D eigenvalue weighted by atomic mass is 10.2. The maximum atomic E-state index is 12.2. The van der Waals surface area contributed by atoms with Crippen molar-refractivity contribution in [3.63, 3.8) is 0 Å². The largest absolute Gasteiger partial charge is 0.480 e. The van der Waals surface area contributed by atoms with Gasteiger partial charge in [0.25, 0.3) is 5.91 Å². The summed E-state index contributed by atoms with van der Waals surface area (Å²) in [7, 11) is 0. The van der Waals surface area contributed by atoms with Gasteiger partial charge in [0.05, 0.1) is 5.69 Å². The molecule has 7 heteroatoms. The standard InChI is InChI=1S/C10H13N3O3S/c1-2-6-8(17-12-11-6)9(14)13-5-3-4-7(13)10(15)16/h7H,2-5H2,1H3,(H,15,16)/t7-/m1/s1. The number of hydrogen-bond acceptors (Lipinski definition) is 5. The molecule has 1 atom stereocenters. The minimum absolute atomic E-state index is 0.248. The maximum Gasteiger partial charge on any atom is 0.326 e. The Hall–Kier alpha value is -1.50. The van der Waals surface area contributed by atoms with E-state index in [1.807, 2.05) is 6.92 Å². The van der Waals surface area contributed by atoms with Gasteiger partial charge in [-0.1, -0.05) is 11.4 Å². The molecule has 0 spiro atoms. The van der Waals surface area contributed by atoms with Crippen molar-refractivity contribution < 1.29 is 14.7 Å². The second-order valence-electron chi connectivity index (χ2n) is 3.90. The lowest BCUT2D eigenvalue weighted by molar-refractivity contribution is -0.141. The van der Waals surface area contributed by atoms with Crippen LogP contribution in [0.3, 0.4) is 0 Å².